The summed E-state index contributed by atoms with van der Waals surface area (Å²) in [6.45, 7) is 5.85. The molecule has 0 fully saturated rings. The van der Waals surface area contributed by atoms with Crippen LogP contribution in [0.4, 0.5) is 5.69 Å². The molecule has 1 atom stereocenters. The number of amides is 1. The van der Waals surface area contributed by atoms with Crippen LogP contribution in [0, 0.1) is 8.99 Å². The lowest BCUT2D eigenvalue weighted by Crippen LogP contribution is -2.45. The third-order valence-corrected chi connectivity index (χ3v) is 3.05. The lowest BCUT2D eigenvalue weighted by atomic mass is 9.87. The number of carbonyl (C=O) groups is 1. The summed E-state index contributed by atoms with van der Waals surface area (Å²) in [4.78, 5) is 11.8. The standard InChI is InChI=1S/C12H17IN2O/c1-12(2,3)10(14)11(16)15-9-6-4-8(13)5-7-9/h4-7,10H,14H2,1-3H3,(H,15,16)/t10-/m0/s1. The molecule has 4 heteroatoms. The Morgan fingerprint density at radius 2 is 1.81 bits per heavy atom. The van der Waals surface area contributed by atoms with Crippen molar-refractivity contribution in [3.63, 3.8) is 0 Å². The topological polar surface area (TPSA) is 55.1 Å². The molecule has 1 amide bonds. The van der Waals surface area contributed by atoms with E-state index in [-0.39, 0.29) is 11.3 Å². The van der Waals surface area contributed by atoms with Crippen LogP contribution >= 0.6 is 22.6 Å². The minimum absolute atomic E-state index is 0.145. The Morgan fingerprint density at radius 3 is 2.25 bits per heavy atom. The van der Waals surface area contributed by atoms with Gasteiger partial charge in [0.1, 0.15) is 0 Å². The van der Waals surface area contributed by atoms with Crippen molar-refractivity contribution in [2.24, 2.45) is 11.1 Å². The van der Waals surface area contributed by atoms with Crippen molar-refractivity contribution in [3.05, 3.63) is 27.8 Å². The van der Waals surface area contributed by atoms with Crippen LogP contribution in [0.15, 0.2) is 24.3 Å². The number of nitrogens with two attached hydrogens (primary N) is 1. The second-order valence-corrected chi connectivity index (χ2v) is 6.09. The highest BCUT2D eigenvalue weighted by Crippen LogP contribution is 2.19. The van der Waals surface area contributed by atoms with Crippen LogP contribution in [-0.4, -0.2) is 11.9 Å². The number of halogens is 1. The number of benzene rings is 1. The van der Waals surface area contributed by atoms with Crippen molar-refractivity contribution in [2.75, 3.05) is 5.32 Å². The van der Waals surface area contributed by atoms with Crippen LogP contribution in [0.5, 0.6) is 0 Å². The van der Waals surface area contributed by atoms with Gasteiger partial charge >= 0.3 is 0 Å². The van der Waals surface area contributed by atoms with E-state index < -0.39 is 6.04 Å². The number of hydrogen-bond donors (Lipinski definition) is 2. The SMILES string of the molecule is CC(C)(C)[C@@H](N)C(=O)Nc1ccc(I)cc1. The predicted octanol–water partition coefficient (Wildman–Crippen LogP) is 2.60. The van der Waals surface area contributed by atoms with Gasteiger partial charge in [0.2, 0.25) is 5.91 Å². The van der Waals surface area contributed by atoms with Crippen LogP contribution in [0.3, 0.4) is 0 Å². The lowest BCUT2D eigenvalue weighted by molar-refractivity contribution is -0.119. The number of anilines is 1. The number of hydrogen-bond acceptors (Lipinski definition) is 2. The molecule has 0 bridgehead atoms. The van der Waals surface area contributed by atoms with Gasteiger partial charge in [-0.3, -0.25) is 4.79 Å². The van der Waals surface area contributed by atoms with Gasteiger partial charge in [-0.15, -0.1) is 0 Å². The van der Waals surface area contributed by atoms with E-state index in [0.29, 0.717) is 0 Å². The highest BCUT2D eigenvalue weighted by molar-refractivity contribution is 14.1. The highest BCUT2D eigenvalue weighted by Gasteiger charge is 2.27. The second-order valence-electron chi connectivity index (χ2n) is 4.84. The molecule has 0 saturated carbocycles. The number of rotatable bonds is 2. The first-order valence-corrected chi connectivity index (χ1v) is 6.20. The first-order valence-electron chi connectivity index (χ1n) is 5.13. The highest BCUT2D eigenvalue weighted by atomic mass is 127. The molecular weight excluding hydrogens is 315 g/mol. The summed E-state index contributed by atoms with van der Waals surface area (Å²) in [7, 11) is 0. The van der Waals surface area contributed by atoms with Crippen molar-refractivity contribution in [3.8, 4) is 0 Å². The summed E-state index contributed by atoms with van der Waals surface area (Å²) in [5.41, 5.74) is 6.41. The van der Waals surface area contributed by atoms with Crippen molar-refractivity contribution < 1.29 is 4.79 Å². The normalized spacial score (nSPS) is 13.3. The lowest BCUT2D eigenvalue weighted by Gasteiger charge is -2.25. The summed E-state index contributed by atoms with van der Waals surface area (Å²) in [5, 5.41) is 2.81. The maximum atomic E-state index is 11.8. The monoisotopic (exact) mass is 332 g/mol. The molecule has 1 aromatic carbocycles. The summed E-state index contributed by atoms with van der Waals surface area (Å²) < 4.78 is 1.13. The minimum atomic E-state index is -0.508. The van der Waals surface area contributed by atoms with Crippen molar-refractivity contribution in [1.29, 1.82) is 0 Å². The molecule has 1 rings (SSSR count). The average molecular weight is 332 g/mol. The van der Waals surface area contributed by atoms with Gasteiger partial charge in [0.15, 0.2) is 0 Å². The van der Waals surface area contributed by atoms with Gasteiger partial charge in [0, 0.05) is 9.26 Å². The van der Waals surface area contributed by atoms with Gasteiger partial charge in [-0.05, 0) is 52.3 Å². The molecule has 3 nitrogen and oxygen atoms in total. The van der Waals surface area contributed by atoms with Crippen molar-refractivity contribution in [2.45, 2.75) is 26.8 Å². The van der Waals surface area contributed by atoms with E-state index in [1.807, 2.05) is 45.0 Å². The van der Waals surface area contributed by atoms with E-state index in [1.165, 1.54) is 0 Å². The van der Waals surface area contributed by atoms with E-state index in [1.54, 1.807) is 0 Å². The Morgan fingerprint density at radius 1 is 1.31 bits per heavy atom. The molecule has 0 spiro atoms. The fourth-order valence-corrected chi connectivity index (χ4v) is 1.51. The zero-order valence-corrected chi connectivity index (χ0v) is 11.9. The molecule has 0 aliphatic carbocycles. The molecule has 0 radical (unpaired) electrons. The van der Waals surface area contributed by atoms with E-state index in [9.17, 15) is 4.79 Å². The molecule has 16 heavy (non-hydrogen) atoms. The quantitative estimate of drug-likeness (QED) is 0.818. The largest absolute Gasteiger partial charge is 0.325 e. The predicted molar refractivity (Wildman–Crippen MR) is 75.2 cm³/mol. The van der Waals surface area contributed by atoms with Gasteiger partial charge in [0.25, 0.3) is 0 Å². The van der Waals surface area contributed by atoms with Gasteiger partial charge in [-0.1, -0.05) is 20.8 Å². The van der Waals surface area contributed by atoms with Gasteiger partial charge in [-0.25, -0.2) is 0 Å². The van der Waals surface area contributed by atoms with E-state index in [4.69, 9.17) is 5.73 Å². The van der Waals surface area contributed by atoms with Gasteiger partial charge in [0.05, 0.1) is 6.04 Å². The van der Waals surface area contributed by atoms with E-state index in [0.717, 1.165) is 9.26 Å². The second kappa shape index (κ2) is 5.14. The first-order chi connectivity index (χ1) is 7.30. The van der Waals surface area contributed by atoms with Crippen molar-refractivity contribution in [1.82, 2.24) is 0 Å². The van der Waals surface area contributed by atoms with Crippen LogP contribution in [-0.2, 0) is 4.79 Å². The molecule has 0 aromatic heterocycles. The van der Waals surface area contributed by atoms with Gasteiger partial charge in [-0.2, -0.15) is 0 Å². The van der Waals surface area contributed by atoms with Crippen molar-refractivity contribution >= 4 is 34.2 Å². The molecule has 0 unspecified atom stereocenters. The molecule has 3 N–H and O–H groups in total. The number of carbonyl (C=O) groups excluding carboxylic acids is 1. The Labute approximate surface area is 110 Å². The molecule has 0 heterocycles. The van der Waals surface area contributed by atoms with Crippen LogP contribution in [0.1, 0.15) is 20.8 Å². The van der Waals surface area contributed by atoms with E-state index >= 15 is 0 Å². The molecule has 0 aliphatic heterocycles. The van der Waals surface area contributed by atoms with Crippen LogP contribution < -0.4 is 11.1 Å². The Bertz CT molecular complexity index is 368. The average Bonchev–Trinajstić information content (AvgIpc) is 2.19. The number of nitrogens with one attached hydrogen (secondary N) is 1. The summed E-state index contributed by atoms with van der Waals surface area (Å²) in [6, 6.07) is 7.12. The summed E-state index contributed by atoms with van der Waals surface area (Å²) in [6.07, 6.45) is 0. The van der Waals surface area contributed by atoms with Gasteiger partial charge < -0.3 is 11.1 Å². The molecular formula is C12H17IN2O. The fourth-order valence-electron chi connectivity index (χ4n) is 1.15. The first kappa shape index (κ1) is 13.4. The Balaban J connectivity index is 2.68. The third-order valence-electron chi connectivity index (χ3n) is 2.33. The fraction of sp³-hybridized carbons (Fsp3) is 0.417. The smallest absolute Gasteiger partial charge is 0.241 e. The summed E-state index contributed by atoms with van der Waals surface area (Å²) >= 11 is 2.22. The molecule has 0 aliphatic rings. The Hall–Kier alpha value is -0.620. The minimum Gasteiger partial charge on any atom is -0.325 e. The maximum Gasteiger partial charge on any atom is 0.241 e. The maximum absolute atomic E-state index is 11.8. The van der Waals surface area contributed by atoms with Crippen LogP contribution in [0.2, 0.25) is 0 Å². The van der Waals surface area contributed by atoms with Crippen LogP contribution in [0.25, 0.3) is 0 Å². The zero-order valence-electron chi connectivity index (χ0n) is 9.75. The molecule has 1 aromatic rings. The molecule has 88 valence electrons. The zero-order chi connectivity index (χ0) is 12.3. The Kier molecular flexibility index (Phi) is 4.32. The molecule has 0 saturated heterocycles. The summed E-state index contributed by atoms with van der Waals surface area (Å²) in [5.74, 6) is -0.145. The third kappa shape index (κ3) is 3.75. The van der Waals surface area contributed by atoms with E-state index in [2.05, 4.69) is 27.9 Å².